The van der Waals surface area contributed by atoms with Crippen LogP contribution in [0.5, 0.6) is 0 Å². The van der Waals surface area contributed by atoms with E-state index in [1.165, 1.54) is 6.08 Å². The zero-order valence-electron chi connectivity index (χ0n) is 4.55. The minimum atomic E-state index is -0.0546. The Balaban J connectivity index is 3.28. The smallest absolute Gasteiger partial charge is 0.221 e. The van der Waals surface area contributed by atoms with Gasteiger partial charge in [-0.15, -0.1) is 0 Å². The van der Waals surface area contributed by atoms with Gasteiger partial charge in [0.25, 0.3) is 0 Å². The fraction of sp³-hybridized carbons (Fsp3) is 0.333. The predicted molar refractivity (Wildman–Crippen MR) is 31.3 cm³/mol. The van der Waals surface area contributed by atoms with Gasteiger partial charge in [0, 0.05) is 0 Å². The minimum Gasteiger partial charge on any atom is -0.316 e. The van der Waals surface area contributed by atoms with Gasteiger partial charge in [0.15, 0.2) is 5.78 Å². The highest BCUT2D eigenvalue weighted by molar-refractivity contribution is 5.89. The van der Waals surface area contributed by atoms with Gasteiger partial charge in [-0.25, -0.2) is 6.57 Å². The van der Waals surface area contributed by atoms with Gasteiger partial charge in [0.05, 0.1) is 6.42 Å². The second kappa shape index (κ2) is 4.07. The Labute approximate surface area is 48.6 Å². The standard InChI is InChI=1S/C6H7NO/c1-3-6(8)4-5-7-2/h3H,1,4-5H2. The third kappa shape index (κ3) is 3.10. The Kier molecular flexibility index (Phi) is 3.51. The van der Waals surface area contributed by atoms with Crippen molar-refractivity contribution in [1.29, 1.82) is 0 Å². The molecule has 0 amide bonds. The molecule has 0 aromatic carbocycles. The summed E-state index contributed by atoms with van der Waals surface area (Å²) in [4.78, 5) is 13.3. The summed E-state index contributed by atoms with van der Waals surface area (Å²) in [7, 11) is 0. The molecule has 0 saturated heterocycles. The van der Waals surface area contributed by atoms with Gasteiger partial charge in [-0.05, 0) is 6.08 Å². The highest BCUT2D eigenvalue weighted by Gasteiger charge is 1.94. The van der Waals surface area contributed by atoms with Crippen LogP contribution in [0.1, 0.15) is 6.42 Å². The van der Waals surface area contributed by atoms with Gasteiger partial charge >= 0.3 is 0 Å². The fourth-order valence-corrected chi connectivity index (χ4v) is 0.268. The van der Waals surface area contributed by atoms with E-state index in [2.05, 4.69) is 11.4 Å². The Morgan fingerprint density at radius 3 is 2.88 bits per heavy atom. The zero-order valence-corrected chi connectivity index (χ0v) is 4.55. The van der Waals surface area contributed by atoms with Crippen LogP contribution < -0.4 is 0 Å². The number of ketones is 1. The lowest BCUT2D eigenvalue weighted by atomic mass is 10.3. The van der Waals surface area contributed by atoms with Crippen LogP contribution in [-0.2, 0) is 4.79 Å². The average Bonchev–Trinajstić information content (AvgIpc) is 1.83. The Morgan fingerprint density at radius 1 is 1.88 bits per heavy atom. The first-order valence-electron chi connectivity index (χ1n) is 2.29. The van der Waals surface area contributed by atoms with Crippen molar-refractivity contribution < 1.29 is 4.79 Å². The number of rotatable bonds is 3. The average molecular weight is 109 g/mol. The van der Waals surface area contributed by atoms with E-state index in [1.54, 1.807) is 0 Å². The summed E-state index contributed by atoms with van der Waals surface area (Å²) in [6.07, 6.45) is 1.55. The number of carbonyl (C=O) groups is 1. The lowest BCUT2D eigenvalue weighted by molar-refractivity contribution is -0.114. The van der Waals surface area contributed by atoms with Crippen LogP contribution in [0.15, 0.2) is 12.7 Å². The normalized spacial score (nSPS) is 7.38. The van der Waals surface area contributed by atoms with E-state index >= 15 is 0 Å². The molecule has 0 fully saturated rings. The van der Waals surface area contributed by atoms with Gasteiger partial charge in [-0.1, -0.05) is 6.58 Å². The molecule has 0 unspecified atom stereocenters. The zero-order chi connectivity index (χ0) is 6.41. The molecule has 2 heteroatoms. The summed E-state index contributed by atoms with van der Waals surface area (Å²) < 4.78 is 0. The van der Waals surface area contributed by atoms with Crippen molar-refractivity contribution in [1.82, 2.24) is 0 Å². The fourth-order valence-electron chi connectivity index (χ4n) is 0.268. The van der Waals surface area contributed by atoms with Crippen LogP contribution >= 0.6 is 0 Å². The quantitative estimate of drug-likeness (QED) is 0.392. The van der Waals surface area contributed by atoms with Gasteiger partial charge < -0.3 is 4.85 Å². The summed E-state index contributed by atoms with van der Waals surface area (Å²) in [5.41, 5.74) is 0. The van der Waals surface area contributed by atoms with Crippen LogP contribution in [0.4, 0.5) is 0 Å². The third-order valence-corrected chi connectivity index (χ3v) is 0.698. The highest BCUT2D eigenvalue weighted by atomic mass is 16.1. The second-order valence-corrected chi connectivity index (χ2v) is 1.30. The number of allylic oxidation sites excluding steroid dienone is 1. The second-order valence-electron chi connectivity index (χ2n) is 1.30. The number of hydrogen-bond donors (Lipinski definition) is 0. The summed E-state index contributed by atoms with van der Waals surface area (Å²) in [6.45, 7) is 9.85. The van der Waals surface area contributed by atoms with Crippen molar-refractivity contribution in [2.75, 3.05) is 6.54 Å². The molecule has 0 radical (unpaired) electrons. The van der Waals surface area contributed by atoms with Crippen LogP contribution in [0.2, 0.25) is 0 Å². The molecule has 0 rings (SSSR count). The van der Waals surface area contributed by atoms with E-state index < -0.39 is 0 Å². The number of hydrogen-bond acceptors (Lipinski definition) is 1. The maximum absolute atomic E-state index is 10.3. The minimum absolute atomic E-state index is 0.0546. The Hall–Kier alpha value is -1.10. The molecule has 0 saturated carbocycles. The molecule has 0 bridgehead atoms. The molecule has 0 aliphatic heterocycles. The van der Waals surface area contributed by atoms with E-state index in [4.69, 9.17) is 6.57 Å². The largest absolute Gasteiger partial charge is 0.316 e. The van der Waals surface area contributed by atoms with Crippen LogP contribution in [0.25, 0.3) is 4.85 Å². The maximum atomic E-state index is 10.3. The summed E-state index contributed by atoms with van der Waals surface area (Å²) in [5, 5.41) is 0. The van der Waals surface area contributed by atoms with Gasteiger partial charge in [-0.2, -0.15) is 0 Å². The van der Waals surface area contributed by atoms with Crippen molar-refractivity contribution in [3.63, 3.8) is 0 Å². The monoisotopic (exact) mass is 109 g/mol. The van der Waals surface area contributed by atoms with Gasteiger partial charge in [0.1, 0.15) is 0 Å². The molecular weight excluding hydrogens is 102 g/mol. The maximum Gasteiger partial charge on any atom is 0.221 e. The van der Waals surface area contributed by atoms with Crippen molar-refractivity contribution in [2.24, 2.45) is 0 Å². The van der Waals surface area contributed by atoms with Crippen LogP contribution in [0, 0.1) is 6.57 Å². The molecule has 0 aliphatic carbocycles. The van der Waals surface area contributed by atoms with E-state index in [-0.39, 0.29) is 12.3 Å². The Morgan fingerprint density at radius 2 is 2.50 bits per heavy atom. The number of nitrogens with zero attached hydrogens (tertiary/aromatic N) is 1. The van der Waals surface area contributed by atoms with Crippen molar-refractivity contribution in [2.45, 2.75) is 6.42 Å². The molecule has 42 valence electrons. The molecule has 8 heavy (non-hydrogen) atoms. The first kappa shape index (κ1) is 6.90. The molecule has 0 heterocycles. The molecule has 0 spiro atoms. The molecule has 0 atom stereocenters. The molecule has 0 N–H and O–H groups in total. The van der Waals surface area contributed by atoms with E-state index in [9.17, 15) is 4.79 Å². The third-order valence-electron chi connectivity index (χ3n) is 0.698. The van der Waals surface area contributed by atoms with Gasteiger partial charge in [0.2, 0.25) is 6.54 Å². The van der Waals surface area contributed by atoms with Crippen molar-refractivity contribution >= 4 is 5.78 Å². The lowest BCUT2D eigenvalue weighted by Crippen LogP contribution is -1.91. The first-order chi connectivity index (χ1) is 3.81. The first-order valence-corrected chi connectivity index (χ1v) is 2.29. The van der Waals surface area contributed by atoms with Crippen LogP contribution in [-0.4, -0.2) is 12.3 Å². The molecule has 0 aromatic heterocycles. The van der Waals surface area contributed by atoms with E-state index in [0.29, 0.717) is 6.42 Å². The van der Waals surface area contributed by atoms with Crippen molar-refractivity contribution in [3.05, 3.63) is 24.1 Å². The summed E-state index contributed by atoms with van der Waals surface area (Å²) in [5.74, 6) is -0.0546. The number of carbonyl (C=O) groups excluding carboxylic acids is 1. The van der Waals surface area contributed by atoms with Crippen LogP contribution in [0.3, 0.4) is 0 Å². The SMILES string of the molecule is [C-]#[N+]CCC(=O)C=C. The predicted octanol–water partition coefficient (Wildman–Crippen LogP) is 1.05. The van der Waals surface area contributed by atoms with E-state index in [0.717, 1.165) is 0 Å². The highest BCUT2D eigenvalue weighted by Crippen LogP contribution is 1.83. The topological polar surface area (TPSA) is 21.4 Å². The molecule has 2 nitrogen and oxygen atoms in total. The summed E-state index contributed by atoms with van der Waals surface area (Å²) in [6, 6.07) is 0. The molecule has 0 aliphatic rings. The molecule has 0 aromatic rings. The molecular formula is C6H7NO. The van der Waals surface area contributed by atoms with Crippen molar-refractivity contribution in [3.8, 4) is 0 Å². The van der Waals surface area contributed by atoms with Gasteiger partial charge in [-0.3, -0.25) is 4.79 Å². The lowest BCUT2D eigenvalue weighted by Gasteiger charge is -1.79. The summed E-state index contributed by atoms with van der Waals surface area (Å²) >= 11 is 0. The Bertz CT molecular complexity index is 132. The van der Waals surface area contributed by atoms with E-state index in [1.807, 2.05) is 0 Å².